The third-order valence-electron chi connectivity index (χ3n) is 4.63. The number of hydrogen-bond donors (Lipinski definition) is 2. The molecule has 3 aromatic rings. The fourth-order valence-electron chi connectivity index (χ4n) is 3.25. The number of aromatic nitrogens is 4. The van der Waals surface area contributed by atoms with Crippen molar-refractivity contribution in [1.29, 1.82) is 0 Å². The maximum absolute atomic E-state index is 10.9. The summed E-state index contributed by atoms with van der Waals surface area (Å²) in [6, 6.07) is 9.42. The molecule has 1 saturated heterocycles. The van der Waals surface area contributed by atoms with Gasteiger partial charge in [-0.2, -0.15) is 0 Å². The molecule has 0 amide bonds. The summed E-state index contributed by atoms with van der Waals surface area (Å²) < 4.78 is 0. The van der Waals surface area contributed by atoms with Gasteiger partial charge in [-0.3, -0.25) is 9.69 Å². The van der Waals surface area contributed by atoms with Gasteiger partial charge in [0.25, 0.3) is 0 Å². The van der Waals surface area contributed by atoms with Crippen molar-refractivity contribution in [3.63, 3.8) is 0 Å². The minimum atomic E-state index is -0.927. The van der Waals surface area contributed by atoms with Gasteiger partial charge >= 0.3 is 5.97 Å². The summed E-state index contributed by atoms with van der Waals surface area (Å²) in [6.07, 6.45) is 3.51. The maximum atomic E-state index is 10.9. The van der Waals surface area contributed by atoms with Crippen molar-refractivity contribution in [2.45, 2.75) is 6.54 Å². The minimum Gasteiger partial charge on any atom is -0.480 e. The van der Waals surface area contributed by atoms with Crippen LogP contribution in [0.1, 0.15) is 5.82 Å². The van der Waals surface area contributed by atoms with Crippen molar-refractivity contribution < 1.29 is 9.90 Å². The molecule has 1 aliphatic heterocycles. The van der Waals surface area contributed by atoms with Gasteiger partial charge in [-0.15, -0.1) is 0 Å². The molecule has 1 fully saturated rings. The first-order valence-electron chi connectivity index (χ1n) is 9.15. The van der Waals surface area contributed by atoms with Crippen molar-refractivity contribution in [3.05, 3.63) is 48.5 Å². The molecule has 1 aliphatic rings. The zero-order chi connectivity index (χ0) is 19.3. The van der Waals surface area contributed by atoms with E-state index in [0.717, 1.165) is 43.0 Å². The number of para-hydroxylation sites is 1. The van der Waals surface area contributed by atoms with E-state index in [1.807, 2.05) is 30.3 Å². The van der Waals surface area contributed by atoms with Gasteiger partial charge in [0, 0.05) is 44.0 Å². The summed E-state index contributed by atoms with van der Waals surface area (Å²) in [7, 11) is 0. The molecule has 2 aromatic heterocycles. The Morgan fingerprint density at radius 2 is 1.79 bits per heavy atom. The number of nitrogens with one attached hydrogen (secondary N) is 1. The SMILES string of the molecule is O=C(O)CNc1nc(CN2CCN(c3ncccn3)CC2)nc2ccccc12. The molecule has 0 bridgehead atoms. The molecule has 0 aliphatic carbocycles. The molecular formula is C19H21N7O2. The number of carboxylic acid groups (broad SMARTS) is 1. The van der Waals surface area contributed by atoms with Gasteiger partial charge in [0.2, 0.25) is 5.95 Å². The lowest BCUT2D eigenvalue weighted by molar-refractivity contribution is -0.134. The van der Waals surface area contributed by atoms with Gasteiger partial charge < -0.3 is 15.3 Å². The standard InChI is InChI=1S/C19H21N7O2/c27-17(28)12-22-18-14-4-1-2-5-15(14)23-16(24-18)13-25-8-10-26(11-9-25)19-20-6-3-7-21-19/h1-7H,8-13H2,(H,27,28)(H,22,23,24). The van der Waals surface area contributed by atoms with Crippen molar-refractivity contribution in [1.82, 2.24) is 24.8 Å². The number of carboxylic acids is 1. The first-order valence-corrected chi connectivity index (χ1v) is 9.15. The molecule has 9 nitrogen and oxygen atoms in total. The van der Waals surface area contributed by atoms with E-state index in [4.69, 9.17) is 5.11 Å². The second-order valence-corrected chi connectivity index (χ2v) is 6.56. The Kier molecular flexibility index (Phi) is 5.24. The van der Waals surface area contributed by atoms with Crippen molar-refractivity contribution in [2.24, 2.45) is 0 Å². The second-order valence-electron chi connectivity index (χ2n) is 6.56. The van der Waals surface area contributed by atoms with Crippen LogP contribution < -0.4 is 10.2 Å². The van der Waals surface area contributed by atoms with Crippen LogP contribution >= 0.6 is 0 Å². The lowest BCUT2D eigenvalue weighted by Crippen LogP contribution is -2.46. The Hall–Kier alpha value is -3.33. The Morgan fingerprint density at radius 3 is 2.54 bits per heavy atom. The van der Waals surface area contributed by atoms with Crippen molar-refractivity contribution in [2.75, 3.05) is 42.9 Å². The topological polar surface area (TPSA) is 107 Å². The quantitative estimate of drug-likeness (QED) is 0.654. The number of benzene rings is 1. The van der Waals surface area contributed by atoms with Crippen LogP contribution in [0.5, 0.6) is 0 Å². The zero-order valence-corrected chi connectivity index (χ0v) is 15.3. The molecule has 4 rings (SSSR count). The summed E-state index contributed by atoms with van der Waals surface area (Å²) >= 11 is 0. The van der Waals surface area contributed by atoms with E-state index in [1.54, 1.807) is 12.4 Å². The monoisotopic (exact) mass is 379 g/mol. The van der Waals surface area contributed by atoms with Gasteiger partial charge in [0.05, 0.1) is 12.1 Å². The Morgan fingerprint density at radius 1 is 1.04 bits per heavy atom. The predicted octanol–water partition coefficient (Wildman–Crippen LogP) is 1.24. The molecule has 0 radical (unpaired) electrons. The van der Waals surface area contributed by atoms with Crippen LogP contribution in [0.15, 0.2) is 42.7 Å². The number of fused-ring (bicyclic) bond motifs is 1. The fraction of sp³-hybridized carbons (Fsp3) is 0.316. The first-order chi connectivity index (χ1) is 13.7. The number of carbonyl (C=O) groups is 1. The van der Waals surface area contributed by atoms with Gasteiger partial charge in [0.1, 0.15) is 18.2 Å². The maximum Gasteiger partial charge on any atom is 0.322 e. The molecule has 0 saturated carbocycles. The Bertz CT molecular complexity index is 959. The predicted molar refractivity (Wildman–Crippen MR) is 105 cm³/mol. The normalized spacial score (nSPS) is 14.9. The molecule has 0 unspecified atom stereocenters. The summed E-state index contributed by atoms with van der Waals surface area (Å²) in [5, 5.41) is 12.7. The molecular weight excluding hydrogens is 358 g/mol. The van der Waals surface area contributed by atoms with E-state index in [9.17, 15) is 4.79 Å². The highest BCUT2D eigenvalue weighted by atomic mass is 16.4. The van der Waals surface area contributed by atoms with Gasteiger partial charge in [-0.1, -0.05) is 12.1 Å². The summed E-state index contributed by atoms with van der Waals surface area (Å²) in [5.41, 5.74) is 0.803. The molecule has 9 heteroatoms. The van der Waals surface area contributed by atoms with Crippen LogP contribution in [-0.2, 0) is 11.3 Å². The van der Waals surface area contributed by atoms with Gasteiger partial charge in [0.15, 0.2) is 0 Å². The molecule has 2 N–H and O–H groups in total. The lowest BCUT2D eigenvalue weighted by atomic mass is 10.2. The molecule has 1 aromatic carbocycles. The van der Waals surface area contributed by atoms with E-state index in [1.165, 1.54) is 0 Å². The average Bonchev–Trinajstić information content (AvgIpc) is 2.73. The molecule has 0 spiro atoms. The lowest BCUT2D eigenvalue weighted by Gasteiger charge is -2.34. The number of rotatable bonds is 6. The van der Waals surface area contributed by atoms with E-state index >= 15 is 0 Å². The largest absolute Gasteiger partial charge is 0.480 e. The van der Waals surface area contributed by atoms with Crippen LogP contribution in [0, 0.1) is 0 Å². The van der Waals surface area contributed by atoms with E-state index in [2.05, 4.69) is 35.1 Å². The molecule has 3 heterocycles. The molecule has 0 atom stereocenters. The van der Waals surface area contributed by atoms with Crippen LogP contribution in [-0.4, -0.2) is 68.6 Å². The summed E-state index contributed by atoms with van der Waals surface area (Å²) in [5.74, 6) is 1.06. The Labute approximate surface area is 162 Å². The minimum absolute atomic E-state index is 0.184. The third kappa shape index (κ3) is 4.15. The second kappa shape index (κ2) is 8.13. The van der Waals surface area contributed by atoms with Crippen LogP contribution in [0.3, 0.4) is 0 Å². The molecule has 144 valence electrons. The van der Waals surface area contributed by atoms with Crippen molar-refractivity contribution >= 4 is 28.6 Å². The van der Waals surface area contributed by atoms with Crippen LogP contribution in [0.2, 0.25) is 0 Å². The number of hydrogen-bond acceptors (Lipinski definition) is 8. The van der Waals surface area contributed by atoms with Crippen LogP contribution in [0.4, 0.5) is 11.8 Å². The summed E-state index contributed by atoms with van der Waals surface area (Å²) in [4.78, 5) is 33.2. The van der Waals surface area contributed by atoms with Gasteiger partial charge in [-0.05, 0) is 18.2 Å². The smallest absolute Gasteiger partial charge is 0.322 e. The van der Waals surface area contributed by atoms with Crippen LogP contribution in [0.25, 0.3) is 10.9 Å². The molecule has 28 heavy (non-hydrogen) atoms. The Balaban J connectivity index is 1.47. The van der Waals surface area contributed by atoms with E-state index in [-0.39, 0.29) is 6.54 Å². The fourth-order valence-corrected chi connectivity index (χ4v) is 3.25. The highest BCUT2D eigenvalue weighted by Crippen LogP contribution is 2.21. The number of nitrogens with zero attached hydrogens (tertiary/aromatic N) is 6. The number of aliphatic carboxylic acids is 1. The van der Waals surface area contributed by atoms with Crippen molar-refractivity contribution in [3.8, 4) is 0 Å². The number of piperazine rings is 1. The van der Waals surface area contributed by atoms with E-state index in [0.29, 0.717) is 18.2 Å². The third-order valence-corrected chi connectivity index (χ3v) is 4.63. The zero-order valence-electron chi connectivity index (χ0n) is 15.3. The first kappa shape index (κ1) is 18.1. The number of anilines is 2. The summed E-state index contributed by atoms with van der Waals surface area (Å²) in [6.45, 7) is 3.80. The van der Waals surface area contributed by atoms with E-state index < -0.39 is 5.97 Å². The highest BCUT2D eigenvalue weighted by Gasteiger charge is 2.20. The van der Waals surface area contributed by atoms with Gasteiger partial charge in [-0.25, -0.2) is 19.9 Å². The average molecular weight is 379 g/mol. The highest BCUT2D eigenvalue weighted by molar-refractivity contribution is 5.90.